The number of benzene rings is 1. The van der Waals surface area contributed by atoms with Gasteiger partial charge < -0.3 is 5.73 Å². The Morgan fingerprint density at radius 3 is 2.89 bits per heavy atom. The monoisotopic (exact) mass is 279 g/mol. The summed E-state index contributed by atoms with van der Waals surface area (Å²) in [4.78, 5) is 0.0929. The van der Waals surface area contributed by atoms with Crippen molar-refractivity contribution in [1.29, 1.82) is 5.26 Å². The minimum absolute atomic E-state index is 0.0929. The largest absolute Gasteiger partial charge is 0.329 e. The second-order valence-corrected chi connectivity index (χ2v) is 6.57. The Morgan fingerprint density at radius 2 is 2.26 bits per heavy atom. The summed E-state index contributed by atoms with van der Waals surface area (Å²) in [5, 5.41) is 9.17. The number of sulfonamides is 1. The molecule has 1 aliphatic heterocycles. The number of nitriles is 1. The fraction of sp³-hybridized carbons (Fsp3) is 0.462. The minimum atomic E-state index is -3.63. The van der Waals surface area contributed by atoms with Gasteiger partial charge >= 0.3 is 0 Å². The van der Waals surface area contributed by atoms with Crippen LogP contribution >= 0.6 is 0 Å². The first-order valence-corrected chi connectivity index (χ1v) is 7.68. The normalized spacial score (nSPS) is 20.4. The van der Waals surface area contributed by atoms with Gasteiger partial charge in [-0.2, -0.15) is 9.57 Å². The Balaban J connectivity index is 2.52. The minimum Gasteiger partial charge on any atom is -0.329 e. The van der Waals surface area contributed by atoms with Crippen molar-refractivity contribution in [3.8, 4) is 6.07 Å². The van der Waals surface area contributed by atoms with Gasteiger partial charge in [-0.25, -0.2) is 8.42 Å². The van der Waals surface area contributed by atoms with E-state index in [1.807, 2.05) is 6.07 Å². The maximum Gasteiger partial charge on any atom is 0.244 e. The molecule has 102 valence electrons. The number of hydrogen-bond donors (Lipinski definition) is 1. The lowest BCUT2D eigenvalue weighted by molar-refractivity contribution is 0.393. The standard InChI is InChI=1S/C13H17N3O2S/c1-10-4-2-6-13(12(10)9-15)19(17,18)16-7-3-5-11(16)8-14/h2,4,6,11H,3,5,7-8,14H2,1H3/t11-/m1/s1. The van der Waals surface area contributed by atoms with Gasteiger partial charge in [-0.05, 0) is 31.4 Å². The van der Waals surface area contributed by atoms with Crippen LogP contribution in [0.15, 0.2) is 23.1 Å². The van der Waals surface area contributed by atoms with Crippen LogP contribution in [0.2, 0.25) is 0 Å². The fourth-order valence-electron chi connectivity index (χ4n) is 2.49. The van der Waals surface area contributed by atoms with E-state index in [4.69, 9.17) is 5.73 Å². The van der Waals surface area contributed by atoms with E-state index in [-0.39, 0.29) is 16.5 Å². The van der Waals surface area contributed by atoms with Crippen LogP contribution in [0.5, 0.6) is 0 Å². The van der Waals surface area contributed by atoms with E-state index in [1.54, 1.807) is 19.1 Å². The van der Waals surface area contributed by atoms with Gasteiger partial charge in [0.2, 0.25) is 10.0 Å². The number of rotatable bonds is 3. The molecule has 0 spiro atoms. The topological polar surface area (TPSA) is 87.2 Å². The van der Waals surface area contributed by atoms with Crippen LogP contribution in [-0.2, 0) is 10.0 Å². The summed E-state index contributed by atoms with van der Waals surface area (Å²) in [5.74, 6) is 0. The molecule has 1 heterocycles. The summed E-state index contributed by atoms with van der Waals surface area (Å²) in [6.07, 6.45) is 1.60. The molecule has 1 aromatic carbocycles. The van der Waals surface area contributed by atoms with E-state index in [0.29, 0.717) is 18.7 Å². The second-order valence-electron chi connectivity index (χ2n) is 4.71. The molecule has 2 N–H and O–H groups in total. The molecule has 1 fully saturated rings. The fourth-order valence-corrected chi connectivity index (χ4v) is 4.41. The van der Waals surface area contributed by atoms with Crippen LogP contribution in [0.1, 0.15) is 24.0 Å². The van der Waals surface area contributed by atoms with Crippen molar-refractivity contribution >= 4 is 10.0 Å². The summed E-state index contributed by atoms with van der Waals surface area (Å²) >= 11 is 0. The quantitative estimate of drug-likeness (QED) is 0.893. The van der Waals surface area contributed by atoms with Gasteiger partial charge in [-0.1, -0.05) is 12.1 Å². The van der Waals surface area contributed by atoms with Gasteiger partial charge in [-0.3, -0.25) is 0 Å². The van der Waals surface area contributed by atoms with Crippen molar-refractivity contribution < 1.29 is 8.42 Å². The molecule has 1 atom stereocenters. The van der Waals surface area contributed by atoms with Gasteiger partial charge in [0, 0.05) is 19.1 Å². The molecular formula is C13H17N3O2S. The molecule has 0 radical (unpaired) electrons. The summed E-state index contributed by atoms with van der Waals surface area (Å²) in [7, 11) is -3.63. The summed E-state index contributed by atoms with van der Waals surface area (Å²) in [6.45, 7) is 2.53. The first-order chi connectivity index (χ1) is 9.02. The molecule has 0 aliphatic carbocycles. The predicted molar refractivity (Wildman–Crippen MR) is 71.9 cm³/mol. The lowest BCUT2D eigenvalue weighted by Gasteiger charge is -2.23. The summed E-state index contributed by atoms with van der Waals surface area (Å²) in [6, 6.07) is 6.73. The van der Waals surface area contributed by atoms with Crippen molar-refractivity contribution in [2.24, 2.45) is 5.73 Å². The first kappa shape index (κ1) is 14.0. The zero-order chi connectivity index (χ0) is 14.0. The molecule has 19 heavy (non-hydrogen) atoms. The zero-order valence-corrected chi connectivity index (χ0v) is 11.7. The Bertz CT molecular complexity index is 619. The van der Waals surface area contributed by atoms with E-state index < -0.39 is 10.0 Å². The van der Waals surface area contributed by atoms with Crippen molar-refractivity contribution in [1.82, 2.24) is 4.31 Å². The highest BCUT2D eigenvalue weighted by molar-refractivity contribution is 7.89. The van der Waals surface area contributed by atoms with Crippen molar-refractivity contribution in [2.75, 3.05) is 13.1 Å². The maximum absolute atomic E-state index is 12.7. The van der Waals surface area contributed by atoms with Crippen LogP contribution < -0.4 is 5.73 Å². The van der Waals surface area contributed by atoms with Crippen molar-refractivity contribution in [3.05, 3.63) is 29.3 Å². The Labute approximate surface area is 113 Å². The summed E-state index contributed by atoms with van der Waals surface area (Å²) in [5.41, 5.74) is 6.53. The molecule has 6 heteroatoms. The number of nitrogens with two attached hydrogens (primary N) is 1. The number of aryl methyl sites for hydroxylation is 1. The molecule has 1 saturated heterocycles. The van der Waals surface area contributed by atoms with Gasteiger partial charge in [-0.15, -0.1) is 0 Å². The van der Waals surface area contributed by atoms with Crippen molar-refractivity contribution in [3.63, 3.8) is 0 Å². The molecule has 0 aromatic heterocycles. The number of nitrogens with zero attached hydrogens (tertiary/aromatic N) is 2. The second kappa shape index (κ2) is 5.29. The molecule has 1 aromatic rings. The van der Waals surface area contributed by atoms with Crippen LogP contribution in [-0.4, -0.2) is 31.9 Å². The highest BCUT2D eigenvalue weighted by Gasteiger charge is 2.35. The van der Waals surface area contributed by atoms with E-state index in [9.17, 15) is 13.7 Å². The van der Waals surface area contributed by atoms with Crippen LogP contribution in [0.3, 0.4) is 0 Å². The van der Waals surface area contributed by atoms with Crippen LogP contribution in [0.25, 0.3) is 0 Å². The van der Waals surface area contributed by atoms with Crippen molar-refractivity contribution in [2.45, 2.75) is 30.7 Å². The maximum atomic E-state index is 12.7. The molecular weight excluding hydrogens is 262 g/mol. The van der Waals surface area contributed by atoms with Gasteiger partial charge in [0.1, 0.15) is 11.0 Å². The Morgan fingerprint density at radius 1 is 1.53 bits per heavy atom. The third kappa shape index (κ3) is 2.37. The SMILES string of the molecule is Cc1cccc(S(=O)(=O)N2CCC[C@@H]2CN)c1C#N. The lowest BCUT2D eigenvalue weighted by atomic mass is 10.1. The molecule has 2 rings (SSSR count). The Kier molecular flexibility index (Phi) is 3.90. The molecule has 0 amide bonds. The van der Waals surface area contributed by atoms with Gasteiger partial charge in [0.25, 0.3) is 0 Å². The average molecular weight is 279 g/mol. The Hall–Kier alpha value is -1.42. The zero-order valence-electron chi connectivity index (χ0n) is 10.8. The van der Waals surface area contributed by atoms with Crippen LogP contribution in [0.4, 0.5) is 0 Å². The molecule has 1 aliphatic rings. The number of hydrogen-bond acceptors (Lipinski definition) is 4. The van der Waals surface area contributed by atoms with E-state index in [0.717, 1.165) is 12.8 Å². The molecule has 0 bridgehead atoms. The highest BCUT2D eigenvalue weighted by atomic mass is 32.2. The average Bonchev–Trinajstić information content (AvgIpc) is 2.87. The highest BCUT2D eigenvalue weighted by Crippen LogP contribution is 2.28. The summed E-state index contributed by atoms with van der Waals surface area (Å²) < 4.78 is 26.7. The van der Waals surface area contributed by atoms with E-state index in [2.05, 4.69) is 0 Å². The predicted octanol–water partition coefficient (Wildman–Crippen LogP) is 0.979. The molecule has 0 saturated carbocycles. The lowest BCUT2D eigenvalue weighted by Crippen LogP contribution is -2.40. The first-order valence-electron chi connectivity index (χ1n) is 6.24. The molecule has 0 unspecified atom stereocenters. The van der Waals surface area contributed by atoms with E-state index >= 15 is 0 Å². The van der Waals surface area contributed by atoms with Gasteiger partial charge in [0.05, 0.1) is 5.56 Å². The molecule has 5 nitrogen and oxygen atoms in total. The van der Waals surface area contributed by atoms with Crippen LogP contribution in [0, 0.1) is 18.3 Å². The third-order valence-electron chi connectivity index (χ3n) is 3.53. The van der Waals surface area contributed by atoms with Gasteiger partial charge in [0.15, 0.2) is 0 Å². The smallest absolute Gasteiger partial charge is 0.244 e. The third-order valence-corrected chi connectivity index (χ3v) is 5.52. The van der Waals surface area contributed by atoms with E-state index in [1.165, 1.54) is 10.4 Å².